The largest absolute Gasteiger partial charge is 0.322 e. The summed E-state index contributed by atoms with van der Waals surface area (Å²) in [5, 5.41) is 7.28. The van der Waals surface area contributed by atoms with Gasteiger partial charge in [0.15, 0.2) is 0 Å². The molecule has 3 aromatic rings. The van der Waals surface area contributed by atoms with E-state index in [1.807, 2.05) is 67.9 Å². The Morgan fingerprint density at radius 1 is 1.13 bits per heavy atom. The molecule has 2 aromatic carbocycles. The molecule has 0 aliphatic carbocycles. The van der Waals surface area contributed by atoms with Crippen molar-refractivity contribution in [3.05, 3.63) is 72.1 Å². The summed E-state index contributed by atoms with van der Waals surface area (Å²) in [7, 11) is 0. The molecular formula is C18H17N3OS. The first-order chi connectivity index (χ1) is 11.2. The van der Waals surface area contributed by atoms with Crippen molar-refractivity contribution in [2.24, 2.45) is 0 Å². The topological polar surface area (TPSA) is 46.9 Å². The van der Waals surface area contributed by atoms with E-state index in [1.165, 1.54) is 4.90 Å². The van der Waals surface area contributed by atoms with Crippen LogP contribution in [0.2, 0.25) is 0 Å². The summed E-state index contributed by atoms with van der Waals surface area (Å²) in [6.45, 7) is 1.94. The fourth-order valence-corrected chi connectivity index (χ4v) is 2.63. The van der Waals surface area contributed by atoms with Gasteiger partial charge in [0.1, 0.15) is 0 Å². The van der Waals surface area contributed by atoms with Crippen molar-refractivity contribution in [2.45, 2.75) is 11.8 Å². The van der Waals surface area contributed by atoms with Crippen LogP contribution in [0.5, 0.6) is 0 Å². The van der Waals surface area contributed by atoms with Gasteiger partial charge in [0.2, 0.25) is 0 Å². The molecule has 4 nitrogen and oxygen atoms in total. The standard InChI is InChI=1S/C18H17N3OS/c1-13-10-11-21(20-13)16-5-3-4-14(12-16)18(22)19-15-6-8-17(23-2)9-7-15/h3-12H,1-2H3,(H,19,22). The van der Waals surface area contributed by atoms with Crippen LogP contribution in [0.3, 0.4) is 0 Å². The minimum absolute atomic E-state index is 0.132. The van der Waals surface area contributed by atoms with Crippen molar-refractivity contribution < 1.29 is 4.79 Å². The number of aromatic nitrogens is 2. The summed E-state index contributed by atoms with van der Waals surface area (Å²) in [6, 6.07) is 17.1. The number of hydrogen-bond donors (Lipinski definition) is 1. The third kappa shape index (κ3) is 3.63. The zero-order valence-electron chi connectivity index (χ0n) is 13.0. The number of hydrogen-bond acceptors (Lipinski definition) is 3. The molecule has 0 bridgehead atoms. The van der Waals surface area contributed by atoms with Crippen LogP contribution in [0, 0.1) is 6.92 Å². The van der Waals surface area contributed by atoms with Gasteiger partial charge in [-0.2, -0.15) is 5.10 Å². The van der Waals surface area contributed by atoms with Crippen LogP contribution in [0.25, 0.3) is 5.69 Å². The molecule has 5 heteroatoms. The monoisotopic (exact) mass is 323 g/mol. The predicted molar refractivity (Wildman–Crippen MR) is 94.5 cm³/mol. The van der Waals surface area contributed by atoms with E-state index in [0.717, 1.165) is 17.1 Å². The fourth-order valence-electron chi connectivity index (χ4n) is 2.23. The normalized spacial score (nSPS) is 10.5. The zero-order valence-corrected chi connectivity index (χ0v) is 13.8. The van der Waals surface area contributed by atoms with Crippen molar-refractivity contribution in [2.75, 3.05) is 11.6 Å². The van der Waals surface area contributed by atoms with E-state index in [2.05, 4.69) is 10.4 Å². The molecule has 116 valence electrons. The lowest BCUT2D eigenvalue weighted by Gasteiger charge is -2.08. The summed E-state index contributed by atoms with van der Waals surface area (Å²) >= 11 is 1.67. The molecule has 0 saturated carbocycles. The smallest absolute Gasteiger partial charge is 0.255 e. The average Bonchev–Trinajstić information content (AvgIpc) is 3.02. The number of nitrogens with zero attached hydrogens (tertiary/aromatic N) is 2. The first-order valence-electron chi connectivity index (χ1n) is 7.24. The van der Waals surface area contributed by atoms with E-state index in [9.17, 15) is 4.79 Å². The van der Waals surface area contributed by atoms with Crippen LogP contribution >= 0.6 is 11.8 Å². The summed E-state index contributed by atoms with van der Waals surface area (Å²) < 4.78 is 1.76. The predicted octanol–water partition coefficient (Wildman–Crippen LogP) is 4.15. The van der Waals surface area contributed by atoms with Crippen LogP contribution in [-0.2, 0) is 0 Å². The van der Waals surface area contributed by atoms with Gasteiger partial charge in [-0.1, -0.05) is 6.07 Å². The van der Waals surface area contributed by atoms with E-state index in [-0.39, 0.29) is 5.91 Å². The van der Waals surface area contributed by atoms with E-state index in [1.54, 1.807) is 22.5 Å². The number of carbonyl (C=O) groups excluding carboxylic acids is 1. The van der Waals surface area contributed by atoms with Crippen LogP contribution in [-0.4, -0.2) is 21.9 Å². The lowest BCUT2D eigenvalue weighted by molar-refractivity contribution is 0.102. The summed E-state index contributed by atoms with van der Waals surface area (Å²) in [4.78, 5) is 13.6. The zero-order chi connectivity index (χ0) is 16.2. The van der Waals surface area contributed by atoms with Gasteiger partial charge in [-0.05, 0) is 61.7 Å². The lowest BCUT2D eigenvalue weighted by atomic mass is 10.2. The van der Waals surface area contributed by atoms with E-state index in [0.29, 0.717) is 5.56 Å². The van der Waals surface area contributed by atoms with Gasteiger partial charge in [0, 0.05) is 22.3 Å². The highest BCUT2D eigenvalue weighted by Gasteiger charge is 2.08. The van der Waals surface area contributed by atoms with Gasteiger partial charge in [-0.25, -0.2) is 4.68 Å². The minimum atomic E-state index is -0.132. The molecule has 1 heterocycles. The Hall–Kier alpha value is -2.53. The lowest BCUT2D eigenvalue weighted by Crippen LogP contribution is -2.12. The number of aryl methyl sites for hydroxylation is 1. The maximum absolute atomic E-state index is 12.4. The molecule has 3 rings (SSSR count). The third-order valence-electron chi connectivity index (χ3n) is 3.44. The van der Waals surface area contributed by atoms with Crippen LogP contribution in [0.1, 0.15) is 16.1 Å². The summed E-state index contributed by atoms with van der Waals surface area (Å²) in [5.74, 6) is -0.132. The average molecular weight is 323 g/mol. The molecular weight excluding hydrogens is 306 g/mol. The molecule has 0 spiro atoms. The number of rotatable bonds is 4. The van der Waals surface area contributed by atoms with E-state index >= 15 is 0 Å². The molecule has 23 heavy (non-hydrogen) atoms. The number of amides is 1. The molecule has 0 fully saturated rings. The number of carbonyl (C=O) groups is 1. The molecule has 0 aliphatic rings. The van der Waals surface area contributed by atoms with E-state index in [4.69, 9.17) is 0 Å². The SMILES string of the molecule is CSc1ccc(NC(=O)c2cccc(-n3ccc(C)n3)c2)cc1. The molecule has 0 saturated heterocycles. The Morgan fingerprint density at radius 2 is 1.91 bits per heavy atom. The van der Waals surface area contributed by atoms with Gasteiger partial charge < -0.3 is 5.32 Å². The third-order valence-corrected chi connectivity index (χ3v) is 4.19. The van der Waals surface area contributed by atoms with Crippen molar-refractivity contribution in [1.29, 1.82) is 0 Å². The van der Waals surface area contributed by atoms with Gasteiger partial charge in [-0.3, -0.25) is 4.79 Å². The molecule has 0 radical (unpaired) electrons. The quantitative estimate of drug-likeness (QED) is 0.734. The highest BCUT2D eigenvalue weighted by molar-refractivity contribution is 7.98. The summed E-state index contributed by atoms with van der Waals surface area (Å²) in [6.07, 6.45) is 3.91. The molecule has 1 amide bonds. The van der Waals surface area contributed by atoms with Crippen molar-refractivity contribution in [3.8, 4) is 5.69 Å². The second-order valence-corrected chi connectivity index (χ2v) is 6.01. The van der Waals surface area contributed by atoms with Crippen LogP contribution in [0.4, 0.5) is 5.69 Å². The van der Waals surface area contributed by atoms with Crippen molar-refractivity contribution >= 4 is 23.4 Å². The highest BCUT2D eigenvalue weighted by Crippen LogP contribution is 2.18. The maximum Gasteiger partial charge on any atom is 0.255 e. The number of thioether (sulfide) groups is 1. The second kappa shape index (κ2) is 6.71. The molecule has 1 N–H and O–H groups in total. The van der Waals surface area contributed by atoms with Crippen LogP contribution < -0.4 is 5.32 Å². The molecule has 0 unspecified atom stereocenters. The number of nitrogens with one attached hydrogen (secondary N) is 1. The van der Waals surface area contributed by atoms with Gasteiger partial charge in [0.05, 0.1) is 11.4 Å². The first-order valence-corrected chi connectivity index (χ1v) is 8.46. The molecule has 1 aromatic heterocycles. The van der Waals surface area contributed by atoms with Gasteiger partial charge in [0.25, 0.3) is 5.91 Å². The fraction of sp³-hybridized carbons (Fsp3) is 0.111. The number of benzene rings is 2. The second-order valence-electron chi connectivity index (χ2n) is 5.13. The van der Waals surface area contributed by atoms with Gasteiger partial charge in [-0.15, -0.1) is 11.8 Å². The Kier molecular flexibility index (Phi) is 4.48. The van der Waals surface area contributed by atoms with Crippen LogP contribution in [0.15, 0.2) is 65.7 Å². The van der Waals surface area contributed by atoms with Gasteiger partial charge >= 0.3 is 0 Å². The Morgan fingerprint density at radius 3 is 2.57 bits per heavy atom. The Balaban J connectivity index is 1.79. The Bertz CT molecular complexity index is 824. The highest BCUT2D eigenvalue weighted by atomic mass is 32.2. The van der Waals surface area contributed by atoms with Crippen molar-refractivity contribution in [3.63, 3.8) is 0 Å². The first kappa shape index (κ1) is 15.4. The number of anilines is 1. The summed E-state index contributed by atoms with van der Waals surface area (Å²) in [5.41, 5.74) is 3.19. The Labute approximate surface area is 139 Å². The maximum atomic E-state index is 12.4. The van der Waals surface area contributed by atoms with Crippen molar-refractivity contribution in [1.82, 2.24) is 9.78 Å². The molecule has 0 aliphatic heterocycles. The minimum Gasteiger partial charge on any atom is -0.322 e. The van der Waals surface area contributed by atoms with E-state index < -0.39 is 0 Å². The molecule has 0 atom stereocenters.